The zero-order valence-corrected chi connectivity index (χ0v) is 9.91. The zero-order chi connectivity index (χ0) is 10.8. The van der Waals surface area contributed by atoms with Crippen LogP contribution in [0.25, 0.3) is 0 Å². The van der Waals surface area contributed by atoms with Crippen molar-refractivity contribution in [1.82, 2.24) is 9.97 Å². The number of hydrogen-bond acceptors (Lipinski definition) is 2. The Morgan fingerprint density at radius 3 is 2.40 bits per heavy atom. The third-order valence-corrected chi connectivity index (χ3v) is 2.80. The van der Waals surface area contributed by atoms with E-state index in [-0.39, 0.29) is 11.6 Å². The van der Waals surface area contributed by atoms with E-state index in [1.807, 2.05) is 24.3 Å². The predicted molar refractivity (Wildman–Crippen MR) is 65.0 cm³/mol. The Balaban J connectivity index is 2.25. The molecule has 0 aliphatic rings. The van der Waals surface area contributed by atoms with Crippen LogP contribution in [0.1, 0.15) is 11.3 Å². The number of nitrogens with one attached hydrogen (secondary N) is 2. The van der Waals surface area contributed by atoms with E-state index in [1.54, 1.807) is 0 Å². The summed E-state index contributed by atoms with van der Waals surface area (Å²) in [5.74, 6) is -0.0847. The van der Waals surface area contributed by atoms with Crippen LogP contribution < -0.4 is 5.69 Å². The first-order chi connectivity index (χ1) is 7.15. The standard InChI is InChI=1S/C10H9IN2O2/c11-7-3-1-6(2-4-7)5-8-9(14)13-10(15)12-8/h1-4,14H,5H2,(H2,12,13,15). The van der Waals surface area contributed by atoms with Gasteiger partial charge in [0.25, 0.3) is 0 Å². The molecular formula is C10H9IN2O2. The molecule has 0 bridgehead atoms. The average Bonchev–Trinajstić information content (AvgIpc) is 2.49. The molecule has 0 aliphatic heterocycles. The second-order valence-corrected chi connectivity index (χ2v) is 4.46. The molecule has 0 spiro atoms. The van der Waals surface area contributed by atoms with Crippen molar-refractivity contribution in [2.75, 3.05) is 0 Å². The maximum absolute atomic E-state index is 10.9. The van der Waals surface area contributed by atoms with E-state index in [9.17, 15) is 9.90 Å². The van der Waals surface area contributed by atoms with Crippen molar-refractivity contribution in [1.29, 1.82) is 0 Å². The highest BCUT2D eigenvalue weighted by atomic mass is 127. The molecule has 2 aromatic rings. The molecule has 0 fully saturated rings. The number of imidazole rings is 1. The first-order valence-electron chi connectivity index (χ1n) is 4.40. The number of hydrogen-bond donors (Lipinski definition) is 3. The Hall–Kier alpha value is -1.24. The maximum Gasteiger partial charge on any atom is 0.325 e. The summed E-state index contributed by atoms with van der Waals surface area (Å²) in [5, 5.41) is 9.36. The van der Waals surface area contributed by atoms with Crippen molar-refractivity contribution in [3.63, 3.8) is 0 Å². The minimum Gasteiger partial charge on any atom is -0.493 e. The van der Waals surface area contributed by atoms with Crippen molar-refractivity contribution in [3.8, 4) is 5.88 Å². The van der Waals surface area contributed by atoms with Crippen LogP contribution in [-0.4, -0.2) is 15.1 Å². The molecule has 15 heavy (non-hydrogen) atoms. The molecule has 0 aliphatic carbocycles. The van der Waals surface area contributed by atoms with Gasteiger partial charge in [0.15, 0.2) is 0 Å². The Labute approximate surface area is 99.5 Å². The van der Waals surface area contributed by atoms with Gasteiger partial charge in [-0.2, -0.15) is 0 Å². The third-order valence-electron chi connectivity index (χ3n) is 2.08. The minimum atomic E-state index is -0.381. The van der Waals surface area contributed by atoms with Crippen molar-refractivity contribution in [2.45, 2.75) is 6.42 Å². The molecule has 3 N–H and O–H groups in total. The van der Waals surface area contributed by atoms with Crippen LogP contribution in [0, 0.1) is 3.57 Å². The van der Waals surface area contributed by atoms with Crippen molar-refractivity contribution >= 4 is 22.6 Å². The molecule has 2 rings (SSSR count). The average molecular weight is 316 g/mol. The number of aromatic hydroxyl groups is 1. The topological polar surface area (TPSA) is 68.9 Å². The molecule has 0 radical (unpaired) electrons. The summed E-state index contributed by atoms with van der Waals surface area (Å²) in [6.07, 6.45) is 0.515. The molecule has 78 valence electrons. The highest BCUT2D eigenvalue weighted by molar-refractivity contribution is 14.1. The van der Waals surface area contributed by atoms with Gasteiger partial charge in [-0.05, 0) is 40.3 Å². The molecule has 0 saturated carbocycles. The quantitative estimate of drug-likeness (QED) is 0.737. The van der Waals surface area contributed by atoms with Gasteiger partial charge in [-0.25, -0.2) is 4.79 Å². The Kier molecular flexibility index (Phi) is 2.81. The molecule has 1 aromatic carbocycles. The summed E-state index contributed by atoms with van der Waals surface area (Å²) in [6, 6.07) is 7.90. The van der Waals surface area contributed by atoms with Gasteiger partial charge in [0.1, 0.15) is 0 Å². The number of H-pyrrole nitrogens is 2. The number of aromatic amines is 2. The lowest BCUT2D eigenvalue weighted by molar-refractivity contribution is 0.450. The molecule has 1 aromatic heterocycles. The van der Waals surface area contributed by atoms with Gasteiger partial charge >= 0.3 is 5.69 Å². The van der Waals surface area contributed by atoms with Crippen LogP contribution >= 0.6 is 22.6 Å². The molecule has 0 saturated heterocycles. The lowest BCUT2D eigenvalue weighted by Crippen LogP contribution is -2.01. The van der Waals surface area contributed by atoms with Crippen molar-refractivity contribution in [2.24, 2.45) is 0 Å². The van der Waals surface area contributed by atoms with Crippen LogP contribution in [0.2, 0.25) is 0 Å². The summed E-state index contributed by atoms with van der Waals surface area (Å²) in [6.45, 7) is 0. The fourth-order valence-corrected chi connectivity index (χ4v) is 1.70. The second-order valence-electron chi connectivity index (χ2n) is 3.21. The highest BCUT2D eigenvalue weighted by Gasteiger charge is 2.05. The van der Waals surface area contributed by atoms with E-state index >= 15 is 0 Å². The SMILES string of the molecule is O=c1[nH]c(O)c(Cc2ccc(I)cc2)[nH]1. The summed E-state index contributed by atoms with van der Waals surface area (Å²) in [5.41, 5.74) is 1.18. The molecule has 0 atom stereocenters. The predicted octanol–water partition coefficient (Wildman–Crippen LogP) is 1.60. The molecule has 4 nitrogen and oxygen atoms in total. The van der Waals surface area contributed by atoms with E-state index in [2.05, 4.69) is 32.6 Å². The fraction of sp³-hybridized carbons (Fsp3) is 0.100. The molecule has 0 unspecified atom stereocenters. The van der Waals surface area contributed by atoms with E-state index < -0.39 is 0 Å². The lowest BCUT2D eigenvalue weighted by Gasteiger charge is -1.99. The first-order valence-corrected chi connectivity index (χ1v) is 5.47. The van der Waals surface area contributed by atoms with Crippen molar-refractivity contribution < 1.29 is 5.11 Å². The van der Waals surface area contributed by atoms with E-state index in [0.29, 0.717) is 12.1 Å². The van der Waals surface area contributed by atoms with E-state index in [1.165, 1.54) is 0 Å². The third kappa shape index (κ3) is 2.41. The van der Waals surface area contributed by atoms with Gasteiger partial charge in [-0.1, -0.05) is 12.1 Å². The molecule has 1 heterocycles. The van der Waals surface area contributed by atoms with Crippen molar-refractivity contribution in [3.05, 3.63) is 49.6 Å². The van der Waals surface area contributed by atoms with Gasteiger partial charge in [0.05, 0.1) is 5.69 Å². The van der Waals surface area contributed by atoms with Gasteiger partial charge in [-0.3, -0.25) is 4.98 Å². The van der Waals surface area contributed by atoms with Gasteiger partial charge in [0, 0.05) is 9.99 Å². The van der Waals surface area contributed by atoms with Gasteiger partial charge in [0.2, 0.25) is 5.88 Å². The number of rotatable bonds is 2. The monoisotopic (exact) mass is 316 g/mol. The summed E-state index contributed by atoms with van der Waals surface area (Å²) in [4.78, 5) is 15.7. The largest absolute Gasteiger partial charge is 0.493 e. The summed E-state index contributed by atoms with van der Waals surface area (Å²) >= 11 is 2.22. The summed E-state index contributed by atoms with van der Waals surface area (Å²) < 4.78 is 1.16. The number of aromatic nitrogens is 2. The van der Waals surface area contributed by atoms with E-state index in [0.717, 1.165) is 9.13 Å². The second kappa shape index (κ2) is 4.09. The Bertz CT molecular complexity index is 513. The summed E-state index contributed by atoms with van der Waals surface area (Å²) in [7, 11) is 0. The van der Waals surface area contributed by atoms with E-state index in [4.69, 9.17) is 0 Å². The fourth-order valence-electron chi connectivity index (χ4n) is 1.34. The molecule has 0 amide bonds. The Morgan fingerprint density at radius 2 is 1.87 bits per heavy atom. The van der Waals surface area contributed by atoms with Gasteiger partial charge < -0.3 is 10.1 Å². The Morgan fingerprint density at radius 1 is 1.20 bits per heavy atom. The zero-order valence-electron chi connectivity index (χ0n) is 7.75. The lowest BCUT2D eigenvalue weighted by atomic mass is 10.1. The first kappa shape index (κ1) is 10.3. The smallest absolute Gasteiger partial charge is 0.325 e. The highest BCUT2D eigenvalue weighted by Crippen LogP contribution is 2.14. The molecular weight excluding hydrogens is 307 g/mol. The van der Waals surface area contributed by atoms with Gasteiger partial charge in [-0.15, -0.1) is 0 Å². The van der Waals surface area contributed by atoms with Crippen LogP contribution in [0.5, 0.6) is 5.88 Å². The number of halogens is 1. The van der Waals surface area contributed by atoms with Crippen LogP contribution in [0.3, 0.4) is 0 Å². The maximum atomic E-state index is 10.9. The number of benzene rings is 1. The van der Waals surface area contributed by atoms with Crippen LogP contribution in [-0.2, 0) is 6.42 Å². The molecule has 5 heteroatoms. The minimum absolute atomic E-state index is 0.0847. The normalized spacial score (nSPS) is 10.5. The van der Waals surface area contributed by atoms with Crippen LogP contribution in [0.4, 0.5) is 0 Å². The van der Waals surface area contributed by atoms with Crippen LogP contribution in [0.15, 0.2) is 29.1 Å².